The van der Waals surface area contributed by atoms with E-state index in [4.69, 9.17) is 21.1 Å². The minimum atomic E-state index is -0.621. The summed E-state index contributed by atoms with van der Waals surface area (Å²) in [5, 5.41) is 4.83. The summed E-state index contributed by atoms with van der Waals surface area (Å²) in [5.41, 5.74) is 0.470. The molecular weight excluding hydrogens is 444 g/mol. The molecule has 33 heavy (non-hydrogen) atoms. The lowest BCUT2D eigenvalue weighted by atomic mass is 10.1. The van der Waals surface area contributed by atoms with Crippen LogP contribution in [0.4, 0.5) is 10.5 Å². The molecule has 0 saturated carbocycles. The molecule has 8 nitrogen and oxygen atoms in total. The van der Waals surface area contributed by atoms with Gasteiger partial charge in [-0.25, -0.2) is 9.59 Å². The van der Waals surface area contributed by atoms with Crippen LogP contribution in [0.5, 0.6) is 5.75 Å². The number of ether oxygens (including phenoxy) is 2. The van der Waals surface area contributed by atoms with Gasteiger partial charge in [0.15, 0.2) is 5.69 Å². The Morgan fingerprint density at radius 2 is 1.76 bits per heavy atom. The first kappa shape index (κ1) is 23.4. The average molecular weight is 475 g/mol. The number of carbonyl (C=O) groups is 2. The average Bonchev–Trinajstić information content (AvgIpc) is 3.45. The zero-order chi connectivity index (χ0) is 23.6. The number of piperidine rings is 1. The maximum Gasteiger partial charge on any atom is 0.359 e. The Morgan fingerprint density at radius 3 is 2.42 bits per heavy atom. The first-order valence-electron chi connectivity index (χ1n) is 11.5. The molecule has 2 aromatic rings. The number of hydrogen-bond acceptors (Lipinski definition) is 6. The highest BCUT2D eigenvalue weighted by molar-refractivity contribution is 6.33. The van der Waals surface area contributed by atoms with Crippen LogP contribution in [0.15, 0.2) is 30.5 Å². The van der Waals surface area contributed by atoms with Crippen LogP contribution in [0.2, 0.25) is 5.02 Å². The number of aromatic nitrogens is 2. The Kier molecular flexibility index (Phi) is 6.83. The predicted octanol–water partition coefficient (Wildman–Crippen LogP) is 4.60. The van der Waals surface area contributed by atoms with Crippen molar-refractivity contribution in [2.45, 2.75) is 58.2 Å². The van der Waals surface area contributed by atoms with Crippen molar-refractivity contribution < 1.29 is 19.1 Å². The Bertz CT molecular complexity index is 1000. The highest BCUT2D eigenvalue weighted by Gasteiger charge is 2.28. The second-order valence-corrected chi connectivity index (χ2v) is 9.92. The van der Waals surface area contributed by atoms with E-state index in [1.807, 2.05) is 18.2 Å². The zero-order valence-electron chi connectivity index (χ0n) is 19.4. The number of benzene rings is 1. The molecule has 2 aliphatic rings. The summed E-state index contributed by atoms with van der Waals surface area (Å²) in [5.74, 6) is 0.264. The monoisotopic (exact) mass is 474 g/mol. The summed E-state index contributed by atoms with van der Waals surface area (Å²) in [4.78, 5) is 29.1. The SMILES string of the molecule is CC(C)(C)OC(=O)c1ccn(C(=O)N2CCC(Oc3cccc(Cl)c3N3CCCC3)CC2)n1. The lowest BCUT2D eigenvalue weighted by Gasteiger charge is -2.33. The fourth-order valence-corrected chi connectivity index (χ4v) is 4.48. The van der Waals surface area contributed by atoms with Crippen molar-refractivity contribution in [1.82, 2.24) is 14.7 Å². The molecule has 0 aliphatic carbocycles. The third-order valence-electron chi connectivity index (χ3n) is 5.77. The first-order chi connectivity index (χ1) is 15.7. The largest absolute Gasteiger partial charge is 0.488 e. The van der Waals surface area contributed by atoms with Gasteiger partial charge in [0.05, 0.1) is 10.7 Å². The maximum atomic E-state index is 12.9. The number of carbonyl (C=O) groups excluding carboxylic acids is 2. The predicted molar refractivity (Wildman–Crippen MR) is 126 cm³/mol. The van der Waals surface area contributed by atoms with E-state index in [-0.39, 0.29) is 17.8 Å². The van der Waals surface area contributed by atoms with Crippen LogP contribution in [-0.2, 0) is 4.74 Å². The molecule has 0 unspecified atom stereocenters. The fraction of sp³-hybridized carbons (Fsp3) is 0.542. The molecule has 178 valence electrons. The van der Waals surface area contributed by atoms with Crippen LogP contribution in [0.3, 0.4) is 0 Å². The number of nitrogens with zero attached hydrogens (tertiary/aromatic N) is 4. The summed E-state index contributed by atoms with van der Waals surface area (Å²) in [7, 11) is 0. The lowest BCUT2D eigenvalue weighted by molar-refractivity contribution is 0.00623. The first-order valence-corrected chi connectivity index (χ1v) is 11.9. The highest BCUT2D eigenvalue weighted by atomic mass is 35.5. The van der Waals surface area contributed by atoms with E-state index < -0.39 is 11.6 Å². The molecule has 2 aliphatic heterocycles. The van der Waals surface area contributed by atoms with E-state index in [2.05, 4.69) is 10.00 Å². The van der Waals surface area contributed by atoms with Gasteiger partial charge in [0, 0.05) is 45.2 Å². The molecule has 0 spiro atoms. The maximum absolute atomic E-state index is 12.9. The van der Waals surface area contributed by atoms with Crippen LogP contribution in [0.25, 0.3) is 0 Å². The van der Waals surface area contributed by atoms with Gasteiger partial charge in [0.2, 0.25) is 0 Å². The van der Waals surface area contributed by atoms with Gasteiger partial charge in [-0.2, -0.15) is 9.78 Å². The topological polar surface area (TPSA) is 76.9 Å². The summed E-state index contributed by atoms with van der Waals surface area (Å²) < 4.78 is 12.9. The van der Waals surface area contributed by atoms with Crippen molar-refractivity contribution in [2.24, 2.45) is 0 Å². The van der Waals surface area contributed by atoms with Crippen LogP contribution < -0.4 is 9.64 Å². The van der Waals surface area contributed by atoms with Crippen molar-refractivity contribution in [3.8, 4) is 5.75 Å². The number of amides is 1. The Morgan fingerprint density at radius 1 is 1.06 bits per heavy atom. The molecule has 4 rings (SSSR count). The number of likely N-dealkylation sites (tertiary alicyclic amines) is 1. The van der Waals surface area contributed by atoms with Gasteiger partial charge in [0.25, 0.3) is 0 Å². The van der Waals surface area contributed by atoms with Crippen LogP contribution in [-0.4, -0.2) is 64.6 Å². The van der Waals surface area contributed by atoms with E-state index in [9.17, 15) is 9.59 Å². The van der Waals surface area contributed by atoms with Crippen molar-refractivity contribution in [2.75, 3.05) is 31.1 Å². The van der Waals surface area contributed by atoms with Gasteiger partial charge in [-0.1, -0.05) is 17.7 Å². The van der Waals surface area contributed by atoms with E-state index in [1.165, 1.54) is 16.9 Å². The minimum Gasteiger partial charge on any atom is -0.488 e. The third-order valence-corrected chi connectivity index (χ3v) is 6.08. The molecule has 2 fully saturated rings. The van der Waals surface area contributed by atoms with Crippen LogP contribution in [0, 0.1) is 0 Å². The normalized spacial score (nSPS) is 17.3. The van der Waals surface area contributed by atoms with Gasteiger partial charge < -0.3 is 19.3 Å². The molecule has 1 amide bonds. The van der Waals surface area contributed by atoms with Gasteiger partial charge in [-0.15, -0.1) is 0 Å². The molecule has 1 aromatic carbocycles. The second-order valence-electron chi connectivity index (χ2n) is 9.52. The molecule has 2 saturated heterocycles. The summed E-state index contributed by atoms with van der Waals surface area (Å²) in [6.07, 6.45) is 5.24. The van der Waals surface area contributed by atoms with Gasteiger partial charge in [-0.05, 0) is 51.8 Å². The molecule has 0 N–H and O–H groups in total. The number of rotatable bonds is 4. The molecule has 3 heterocycles. The molecule has 0 bridgehead atoms. The smallest absolute Gasteiger partial charge is 0.359 e. The van der Waals surface area contributed by atoms with Gasteiger partial charge in [-0.3, -0.25) is 0 Å². The van der Waals surface area contributed by atoms with E-state index in [1.54, 1.807) is 25.7 Å². The fourth-order valence-electron chi connectivity index (χ4n) is 4.20. The Hall–Kier alpha value is -2.74. The Labute approximate surface area is 199 Å². The van der Waals surface area contributed by atoms with Crippen LogP contribution >= 0.6 is 11.6 Å². The number of para-hydroxylation sites is 1. The molecule has 9 heteroatoms. The van der Waals surface area contributed by atoms with Crippen molar-refractivity contribution in [3.63, 3.8) is 0 Å². The Balaban J connectivity index is 1.35. The number of esters is 1. The molecule has 0 radical (unpaired) electrons. The summed E-state index contributed by atoms with van der Waals surface area (Å²) >= 11 is 6.50. The summed E-state index contributed by atoms with van der Waals surface area (Å²) in [6.45, 7) is 8.43. The second kappa shape index (κ2) is 9.63. The standard InChI is InChI=1S/C24H31ClN4O4/c1-24(2,3)33-22(30)19-11-16-29(26-19)23(31)28-14-9-17(10-15-28)32-20-8-6-7-18(25)21(20)27-12-4-5-13-27/h6-8,11,16-17H,4-5,9-10,12-15H2,1-3H3. The van der Waals surface area contributed by atoms with Crippen LogP contribution in [0.1, 0.15) is 56.9 Å². The van der Waals surface area contributed by atoms with E-state index >= 15 is 0 Å². The number of hydrogen-bond donors (Lipinski definition) is 0. The summed E-state index contributed by atoms with van der Waals surface area (Å²) in [6, 6.07) is 7.03. The van der Waals surface area contributed by atoms with E-state index in [0.29, 0.717) is 31.0 Å². The van der Waals surface area contributed by atoms with Gasteiger partial charge >= 0.3 is 12.0 Å². The van der Waals surface area contributed by atoms with E-state index in [0.717, 1.165) is 37.4 Å². The third kappa shape index (κ3) is 5.61. The number of halogens is 1. The van der Waals surface area contributed by atoms with Crippen molar-refractivity contribution >= 4 is 29.3 Å². The quantitative estimate of drug-likeness (QED) is 0.602. The van der Waals surface area contributed by atoms with Gasteiger partial charge in [0.1, 0.15) is 17.5 Å². The molecule has 1 aromatic heterocycles. The molecule has 0 atom stereocenters. The molecular formula is C24H31ClN4O4. The number of anilines is 1. The lowest BCUT2D eigenvalue weighted by Crippen LogP contribution is -2.44. The highest BCUT2D eigenvalue weighted by Crippen LogP contribution is 2.38. The van der Waals surface area contributed by atoms with Crippen molar-refractivity contribution in [1.29, 1.82) is 0 Å². The van der Waals surface area contributed by atoms with Crippen molar-refractivity contribution in [3.05, 3.63) is 41.2 Å². The minimum absolute atomic E-state index is 0.00353. The zero-order valence-corrected chi connectivity index (χ0v) is 20.2.